The fourth-order valence-electron chi connectivity index (χ4n) is 3.44. The van der Waals surface area contributed by atoms with Gasteiger partial charge in [0.2, 0.25) is 5.56 Å². The third-order valence-corrected chi connectivity index (χ3v) is 4.73. The number of piperidine rings is 1. The Hall–Kier alpha value is -2.73. The lowest BCUT2D eigenvalue weighted by atomic mass is 9.86. The van der Waals surface area contributed by atoms with Crippen LogP contribution in [0.2, 0.25) is 0 Å². The summed E-state index contributed by atoms with van der Waals surface area (Å²) in [4.78, 5) is 14.5. The van der Waals surface area contributed by atoms with Gasteiger partial charge in [-0.3, -0.25) is 10.2 Å². The van der Waals surface area contributed by atoms with E-state index in [4.69, 9.17) is 5.41 Å². The number of rotatable bonds is 5. The summed E-state index contributed by atoms with van der Waals surface area (Å²) >= 11 is 0. The van der Waals surface area contributed by atoms with Gasteiger partial charge in [-0.25, -0.2) is 4.39 Å². The zero-order valence-corrected chi connectivity index (χ0v) is 14.7. The van der Waals surface area contributed by atoms with Crippen LogP contribution in [-0.4, -0.2) is 30.8 Å². The maximum Gasteiger partial charge on any atom is 0.248 e. The normalized spacial score (nSPS) is 16.1. The van der Waals surface area contributed by atoms with Gasteiger partial charge in [-0.1, -0.05) is 0 Å². The molecule has 0 aliphatic carbocycles. The SMILES string of the molecule is CN/C(=C(\C(=N)c1ccc(F)cc1)c1cc[nH]c(=O)c1)C1CCNCC1. The molecule has 1 aliphatic rings. The second-order valence-corrected chi connectivity index (χ2v) is 6.39. The molecule has 1 fully saturated rings. The molecule has 1 aliphatic heterocycles. The summed E-state index contributed by atoms with van der Waals surface area (Å²) in [5.41, 5.74) is 3.00. The Morgan fingerprint density at radius 1 is 1.15 bits per heavy atom. The summed E-state index contributed by atoms with van der Waals surface area (Å²) in [5, 5.41) is 15.4. The van der Waals surface area contributed by atoms with Crippen molar-refractivity contribution in [2.45, 2.75) is 12.8 Å². The van der Waals surface area contributed by atoms with E-state index >= 15 is 0 Å². The molecule has 6 heteroatoms. The standard InChI is InChI=1S/C20H23FN4O/c1-23-20(14-6-9-24-10-7-14)18(15-8-11-25-17(26)12-15)19(22)13-2-4-16(21)5-3-13/h2-5,8,11-12,14,22-24H,6-7,9-10H2,1H3,(H,25,26)/b20-18-,22-19?. The Morgan fingerprint density at radius 3 is 2.46 bits per heavy atom. The van der Waals surface area contributed by atoms with E-state index in [1.807, 2.05) is 7.05 Å². The molecule has 5 nitrogen and oxygen atoms in total. The first-order valence-electron chi connectivity index (χ1n) is 8.76. The van der Waals surface area contributed by atoms with Crippen molar-refractivity contribution in [3.63, 3.8) is 0 Å². The van der Waals surface area contributed by atoms with Crippen LogP contribution in [0.3, 0.4) is 0 Å². The van der Waals surface area contributed by atoms with Crippen molar-refractivity contribution in [2.75, 3.05) is 20.1 Å². The topological polar surface area (TPSA) is 80.8 Å². The van der Waals surface area contributed by atoms with Crippen LogP contribution in [0, 0.1) is 17.1 Å². The fourth-order valence-corrected chi connectivity index (χ4v) is 3.44. The Kier molecular flexibility index (Phi) is 5.63. The van der Waals surface area contributed by atoms with Gasteiger partial charge in [-0.15, -0.1) is 0 Å². The highest BCUT2D eigenvalue weighted by Gasteiger charge is 2.24. The van der Waals surface area contributed by atoms with Gasteiger partial charge in [0.25, 0.3) is 0 Å². The predicted octanol–water partition coefficient (Wildman–Crippen LogP) is 2.51. The van der Waals surface area contributed by atoms with Crippen LogP contribution in [0.4, 0.5) is 4.39 Å². The molecule has 0 radical (unpaired) electrons. The van der Waals surface area contributed by atoms with E-state index in [1.54, 1.807) is 24.4 Å². The van der Waals surface area contributed by atoms with E-state index in [1.165, 1.54) is 18.2 Å². The zero-order chi connectivity index (χ0) is 18.5. The van der Waals surface area contributed by atoms with Crippen molar-refractivity contribution in [1.29, 1.82) is 5.41 Å². The maximum atomic E-state index is 13.3. The van der Waals surface area contributed by atoms with Crippen LogP contribution in [-0.2, 0) is 0 Å². The highest BCUT2D eigenvalue weighted by Crippen LogP contribution is 2.29. The molecule has 0 unspecified atom stereocenters. The molecule has 0 atom stereocenters. The van der Waals surface area contributed by atoms with Gasteiger partial charge in [0.1, 0.15) is 5.82 Å². The van der Waals surface area contributed by atoms with Gasteiger partial charge in [-0.05, 0) is 61.8 Å². The molecule has 0 saturated carbocycles. The Bertz CT molecular complexity index is 864. The summed E-state index contributed by atoms with van der Waals surface area (Å²) in [6, 6.07) is 9.20. The molecular formula is C20H23FN4O. The molecule has 2 heterocycles. The van der Waals surface area contributed by atoms with E-state index in [0.717, 1.165) is 31.6 Å². The maximum absolute atomic E-state index is 13.3. The molecule has 3 rings (SSSR count). The molecule has 0 spiro atoms. The lowest BCUT2D eigenvalue weighted by Crippen LogP contribution is -2.32. The van der Waals surface area contributed by atoms with Crippen LogP contribution < -0.4 is 16.2 Å². The molecule has 136 valence electrons. The number of benzene rings is 1. The van der Waals surface area contributed by atoms with Crippen LogP contribution in [0.5, 0.6) is 0 Å². The number of aromatic amines is 1. The lowest BCUT2D eigenvalue weighted by Gasteiger charge is -2.28. The highest BCUT2D eigenvalue weighted by atomic mass is 19.1. The number of hydrogen-bond donors (Lipinski definition) is 4. The summed E-state index contributed by atoms with van der Waals surface area (Å²) in [6.45, 7) is 1.84. The van der Waals surface area contributed by atoms with Gasteiger partial charge in [0.15, 0.2) is 0 Å². The highest BCUT2D eigenvalue weighted by molar-refractivity contribution is 6.31. The smallest absolute Gasteiger partial charge is 0.248 e. The molecule has 1 aromatic heterocycles. The largest absolute Gasteiger partial charge is 0.391 e. The minimum absolute atomic E-state index is 0.215. The van der Waals surface area contributed by atoms with E-state index in [2.05, 4.69) is 15.6 Å². The predicted molar refractivity (Wildman–Crippen MR) is 102 cm³/mol. The Labute approximate surface area is 151 Å². The van der Waals surface area contributed by atoms with Crippen LogP contribution >= 0.6 is 0 Å². The number of nitrogens with one attached hydrogen (secondary N) is 4. The Morgan fingerprint density at radius 2 is 1.85 bits per heavy atom. The number of halogens is 1. The summed E-state index contributed by atoms with van der Waals surface area (Å²) < 4.78 is 13.3. The third-order valence-electron chi connectivity index (χ3n) is 4.73. The molecular weight excluding hydrogens is 331 g/mol. The average Bonchev–Trinajstić information content (AvgIpc) is 2.67. The van der Waals surface area contributed by atoms with Crippen molar-refractivity contribution >= 4 is 11.3 Å². The van der Waals surface area contributed by atoms with Crippen molar-refractivity contribution in [3.8, 4) is 0 Å². The fraction of sp³-hybridized carbons (Fsp3) is 0.300. The second kappa shape index (κ2) is 8.10. The summed E-state index contributed by atoms with van der Waals surface area (Å²) in [5.74, 6) is -0.0632. The first kappa shape index (κ1) is 18.1. The van der Waals surface area contributed by atoms with Crippen molar-refractivity contribution in [2.24, 2.45) is 5.92 Å². The van der Waals surface area contributed by atoms with Gasteiger partial charge in [0, 0.05) is 42.1 Å². The number of H-pyrrole nitrogens is 1. The van der Waals surface area contributed by atoms with Crippen LogP contribution in [0.1, 0.15) is 24.0 Å². The molecule has 4 N–H and O–H groups in total. The molecule has 0 amide bonds. The van der Waals surface area contributed by atoms with Gasteiger partial charge in [0.05, 0.1) is 5.71 Å². The minimum atomic E-state index is -0.338. The number of hydrogen-bond acceptors (Lipinski definition) is 4. The van der Waals surface area contributed by atoms with E-state index < -0.39 is 0 Å². The zero-order valence-electron chi connectivity index (χ0n) is 14.7. The van der Waals surface area contributed by atoms with Gasteiger partial charge in [-0.2, -0.15) is 0 Å². The van der Waals surface area contributed by atoms with E-state index in [9.17, 15) is 9.18 Å². The average molecular weight is 354 g/mol. The third kappa shape index (κ3) is 3.91. The van der Waals surface area contributed by atoms with Gasteiger partial charge < -0.3 is 15.6 Å². The minimum Gasteiger partial charge on any atom is -0.391 e. The summed E-state index contributed by atoms with van der Waals surface area (Å²) in [6.07, 6.45) is 3.50. The van der Waals surface area contributed by atoms with Crippen molar-refractivity contribution in [3.05, 3.63) is 75.6 Å². The van der Waals surface area contributed by atoms with Gasteiger partial charge >= 0.3 is 0 Å². The Balaban J connectivity index is 2.14. The summed E-state index contributed by atoms with van der Waals surface area (Å²) in [7, 11) is 1.85. The monoisotopic (exact) mass is 354 g/mol. The first-order chi connectivity index (χ1) is 12.6. The van der Waals surface area contributed by atoms with Crippen LogP contribution in [0.25, 0.3) is 5.57 Å². The molecule has 0 bridgehead atoms. The van der Waals surface area contributed by atoms with Crippen LogP contribution in [0.15, 0.2) is 53.1 Å². The van der Waals surface area contributed by atoms with E-state index in [-0.39, 0.29) is 23.0 Å². The van der Waals surface area contributed by atoms with Crippen molar-refractivity contribution < 1.29 is 4.39 Å². The quantitative estimate of drug-likeness (QED) is 0.623. The first-order valence-corrected chi connectivity index (χ1v) is 8.76. The molecule has 2 aromatic rings. The van der Waals surface area contributed by atoms with E-state index in [0.29, 0.717) is 16.7 Å². The van der Waals surface area contributed by atoms with Crippen molar-refractivity contribution in [1.82, 2.24) is 15.6 Å². The molecule has 1 aromatic carbocycles. The number of pyridine rings is 1. The number of aromatic nitrogens is 1. The number of allylic oxidation sites excluding steroid dienone is 2. The molecule has 26 heavy (non-hydrogen) atoms. The second-order valence-electron chi connectivity index (χ2n) is 6.39. The lowest BCUT2D eigenvalue weighted by molar-refractivity contribution is 0.408. The molecule has 1 saturated heterocycles.